The lowest BCUT2D eigenvalue weighted by molar-refractivity contribution is -0.132. The third-order valence-electron chi connectivity index (χ3n) is 5.19. The third-order valence-corrected chi connectivity index (χ3v) is 5.19. The van der Waals surface area contributed by atoms with Crippen LogP contribution in [-0.2, 0) is 16.0 Å². The predicted octanol–water partition coefficient (Wildman–Crippen LogP) is 3.31. The van der Waals surface area contributed by atoms with Gasteiger partial charge in [-0.25, -0.2) is 0 Å². The Morgan fingerprint density at radius 2 is 1.72 bits per heavy atom. The third kappa shape index (κ3) is 6.18. The van der Waals surface area contributed by atoms with E-state index in [0.717, 1.165) is 32.1 Å². The van der Waals surface area contributed by atoms with Gasteiger partial charge in [0.05, 0.1) is 0 Å². The molecule has 0 heterocycles. The van der Waals surface area contributed by atoms with E-state index in [1.165, 1.54) is 5.56 Å². The van der Waals surface area contributed by atoms with Crippen LogP contribution in [-0.4, -0.2) is 24.4 Å². The molecule has 4 nitrogen and oxygen atoms in total. The second-order valence-electron chi connectivity index (χ2n) is 7.71. The lowest BCUT2D eigenvalue weighted by Crippen LogP contribution is -2.51. The maximum absolute atomic E-state index is 12.5. The molecular formula is C21H32N2O2. The highest BCUT2D eigenvalue weighted by Crippen LogP contribution is 2.28. The summed E-state index contributed by atoms with van der Waals surface area (Å²) in [5.41, 5.74) is 1.20. The Kier molecular flexibility index (Phi) is 7.48. The Balaban J connectivity index is 1.82. The quantitative estimate of drug-likeness (QED) is 0.797. The molecule has 2 rings (SSSR count). The van der Waals surface area contributed by atoms with Gasteiger partial charge in [0.2, 0.25) is 11.8 Å². The molecule has 0 aliphatic heterocycles. The molecule has 1 fully saturated rings. The number of hydrogen-bond acceptors (Lipinski definition) is 2. The van der Waals surface area contributed by atoms with Crippen molar-refractivity contribution in [2.75, 3.05) is 6.54 Å². The van der Waals surface area contributed by atoms with Crippen molar-refractivity contribution in [3.8, 4) is 0 Å². The molecule has 1 saturated carbocycles. The van der Waals surface area contributed by atoms with Crippen LogP contribution in [0.1, 0.15) is 52.0 Å². The molecule has 0 radical (unpaired) electrons. The van der Waals surface area contributed by atoms with Crippen LogP contribution in [0.2, 0.25) is 0 Å². The standard InChI is InChI=1S/C21H32N2O2/c1-15(2)19(23-20(24)18-11-9-16(3)10-12-18)21(25)22-14-13-17-7-5-4-6-8-17/h4-8,15-16,18-19H,9-14H2,1-3H3,(H,22,25)(H,23,24)/t16?,18?,19-/m0/s1. The van der Waals surface area contributed by atoms with Crippen molar-refractivity contribution in [3.05, 3.63) is 35.9 Å². The SMILES string of the molecule is CC1CCC(C(=O)N[C@H](C(=O)NCCc2ccccc2)C(C)C)CC1. The fourth-order valence-electron chi connectivity index (χ4n) is 3.41. The average Bonchev–Trinajstić information content (AvgIpc) is 2.60. The molecule has 1 atom stereocenters. The molecule has 1 aliphatic carbocycles. The molecule has 0 spiro atoms. The summed E-state index contributed by atoms with van der Waals surface area (Å²) in [5.74, 6) is 0.816. The Morgan fingerprint density at radius 1 is 1.08 bits per heavy atom. The largest absolute Gasteiger partial charge is 0.354 e. The van der Waals surface area contributed by atoms with Crippen LogP contribution in [0.5, 0.6) is 0 Å². The molecule has 0 unspecified atom stereocenters. The number of carbonyl (C=O) groups is 2. The molecule has 0 bridgehead atoms. The number of amides is 2. The van der Waals surface area contributed by atoms with E-state index in [4.69, 9.17) is 0 Å². The van der Waals surface area contributed by atoms with E-state index in [1.54, 1.807) is 0 Å². The topological polar surface area (TPSA) is 58.2 Å². The van der Waals surface area contributed by atoms with E-state index in [1.807, 2.05) is 32.0 Å². The monoisotopic (exact) mass is 344 g/mol. The van der Waals surface area contributed by atoms with E-state index in [0.29, 0.717) is 12.5 Å². The summed E-state index contributed by atoms with van der Waals surface area (Å²) in [7, 11) is 0. The van der Waals surface area contributed by atoms with Crippen LogP contribution in [0.25, 0.3) is 0 Å². The molecular weight excluding hydrogens is 312 g/mol. The lowest BCUT2D eigenvalue weighted by Gasteiger charge is -2.28. The summed E-state index contributed by atoms with van der Waals surface area (Å²) in [6.45, 7) is 6.78. The summed E-state index contributed by atoms with van der Waals surface area (Å²) in [4.78, 5) is 25.0. The summed E-state index contributed by atoms with van der Waals surface area (Å²) in [6.07, 6.45) is 4.88. The van der Waals surface area contributed by atoms with Crippen LogP contribution in [0.15, 0.2) is 30.3 Å². The van der Waals surface area contributed by atoms with Crippen molar-refractivity contribution in [1.29, 1.82) is 0 Å². The van der Waals surface area contributed by atoms with E-state index in [9.17, 15) is 9.59 Å². The molecule has 4 heteroatoms. The number of nitrogens with one attached hydrogen (secondary N) is 2. The van der Waals surface area contributed by atoms with E-state index in [2.05, 4.69) is 29.7 Å². The molecule has 0 aromatic heterocycles. The molecule has 1 aromatic carbocycles. The Bertz CT molecular complexity index is 548. The number of rotatable bonds is 7. The molecule has 0 saturated heterocycles. The fourth-order valence-corrected chi connectivity index (χ4v) is 3.41. The van der Waals surface area contributed by atoms with Crippen LogP contribution in [0, 0.1) is 17.8 Å². The number of benzene rings is 1. The van der Waals surface area contributed by atoms with Gasteiger partial charge in [0, 0.05) is 12.5 Å². The Hall–Kier alpha value is -1.84. The van der Waals surface area contributed by atoms with Crippen LogP contribution < -0.4 is 10.6 Å². The van der Waals surface area contributed by atoms with Crippen molar-refractivity contribution >= 4 is 11.8 Å². The Labute approximate surface area is 151 Å². The van der Waals surface area contributed by atoms with Crippen molar-refractivity contribution in [2.45, 2.75) is 58.9 Å². The van der Waals surface area contributed by atoms with Gasteiger partial charge in [-0.15, -0.1) is 0 Å². The molecule has 2 amide bonds. The van der Waals surface area contributed by atoms with Crippen LogP contribution in [0.4, 0.5) is 0 Å². The van der Waals surface area contributed by atoms with E-state index < -0.39 is 6.04 Å². The first-order valence-electron chi connectivity index (χ1n) is 9.59. The van der Waals surface area contributed by atoms with Crippen molar-refractivity contribution in [3.63, 3.8) is 0 Å². The van der Waals surface area contributed by atoms with Crippen LogP contribution in [0.3, 0.4) is 0 Å². The van der Waals surface area contributed by atoms with E-state index in [-0.39, 0.29) is 23.7 Å². The highest BCUT2D eigenvalue weighted by Gasteiger charge is 2.29. The summed E-state index contributed by atoms with van der Waals surface area (Å²) in [5, 5.41) is 5.97. The molecule has 1 aromatic rings. The van der Waals surface area contributed by atoms with Gasteiger partial charge in [0.15, 0.2) is 0 Å². The summed E-state index contributed by atoms with van der Waals surface area (Å²) < 4.78 is 0. The van der Waals surface area contributed by atoms with E-state index >= 15 is 0 Å². The molecule has 138 valence electrons. The van der Waals surface area contributed by atoms with Crippen molar-refractivity contribution < 1.29 is 9.59 Å². The first-order chi connectivity index (χ1) is 12.0. The van der Waals surface area contributed by atoms with Crippen LogP contribution >= 0.6 is 0 Å². The second kappa shape index (κ2) is 9.59. The first-order valence-corrected chi connectivity index (χ1v) is 9.59. The molecule has 25 heavy (non-hydrogen) atoms. The van der Waals surface area contributed by atoms with Gasteiger partial charge < -0.3 is 10.6 Å². The molecule has 2 N–H and O–H groups in total. The zero-order chi connectivity index (χ0) is 18.2. The lowest BCUT2D eigenvalue weighted by atomic mass is 9.82. The van der Waals surface area contributed by atoms with Crippen molar-refractivity contribution in [2.24, 2.45) is 17.8 Å². The highest BCUT2D eigenvalue weighted by molar-refractivity contribution is 5.88. The van der Waals surface area contributed by atoms with Gasteiger partial charge in [-0.1, -0.05) is 51.1 Å². The highest BCUT2D eigenvalue weighted by atomic mass is 16.2. The van der Waals surface area contributed by atoms with Gasteiger partial charge in [-0.3, -0.25) is 9.59 Å². The zero-order valence-electron chi connectivity index (χ0n) is 15.8. The normalized spacial score (nSPS) is 21.6. The van der Waals surface area contributed by atoms with Gasteiger partial charge in [-0.05, 0) is 49.5 Å². The average molecular weight is 344 g/mol. The van der Waals surface area contributed by atoms with Gasteiger partial charge in [-0.2, -0.15) is 0 Å². The first kappa shape index (κ1) is 19.5. The van der Waals surface area contributed by atoms with Crippen molar-refractivity contribution in [1.82, 2.24) is 10.6 Å². The van der Waals surface area contributed by atoms with Gasteiger partial charge in [0.1, 0.15) is 6.04 Å². The molecule has 1 aliphatic rings. The van der Waals surface area contributed by atoms with Gasteiger partial charge in [0.25, 0.3) is 0 Å². The minimum absolute atomic E-state index is 0.0452. The van der Waals surface area contributed by atoms with Gasteiger partial charge >= 0.3 is 0 Å². The number of carbonyl (C=O) groups excluding carboxylic acids is 2. The maximum atomic E-state index is 12.5. The summed E-state index contributed by atoms with van der Waals surface area (Å²) in [6, 6.07) is 9.63. The zero-order valence-corrected chi connectivity index (χ0v) is 15.8. The maximum Gasteiger partial charge on any atom is 0.242 e. The fraction of sp³-hybridized carbons (Fsp3) is 0.619. The minimum Gasteiger partial charge on any atom is -0.354 e. The Morgan fingerprint density at radius 3 is 2.32 bits per heavy atom. The predicted molar refractivity (Wildman–Crippen MR) is 101 cm³/mol. The second-order valence-corrected chi connectivity index (χ2v) is 7.71. The smallest absolute Gasteiger partial charge is 0.242 e. The summed E-state index contributed by atoms with van der Waals surface area (Å²) >= 11 is 0. The number of hydrogen-bond donors (Lipinski definition) is 2. The minimum atomic E-state index is -0.456.